The van der Waals surface area contributed by atoms with E-state index in [1.165, 1.54) is 4.90 Å². The Morgan fingerprint density at radius 1 is 1.20 bits per heavy atom. The fraction of sp³-hybridized carbons (Fsp3) is 0.304. The van der Waals surface area contributed by atoms with E-state index >= 15 is 0 Å². The highest BCUT2D eigenvalue weighted by Gasteiger charge is 2.50. The van der Waals surface area contributed by atoms with Crippen molar-refractivity contribution in [3.8, 4) is 11.8 Å². The minimum Gasteiger partial charge on any atom is -0.480 e. The van der Waals surface area contributed by atoms with Crippen molar-refractivity contribution in [2.45, 2.75) is 31.4 Å². The highest BCUT2D eigenvalue weighted by molar-refractivity contribution is 6.09. The molecule has 0 spiro atoms. The molecule has 0 radical (unpaired) electrons. The number of imide groups is 1. The summed E-state index contributed by atoms with van der Waals surface area (Å²) in [5.41, 5.74) is 0.130. The van der Waals surface area contributed by atoms with Crippen molar-refractivity contribution in [3.63, 3.8) is 0 Å². The predicted octanol–water partition coefficient (Wildman–Crippen LogP) is 2.02. The molecular weight excluding hydrogens is 382 g/mol. The maximum atomic E-state index is 13.3. The number of piperazine rings is 1. The molecule has 2 aliphatic rings. The van der Waals surface area contributed by atoms with Crippen LogP contribution in [0.5, 0.6) is 5.75 Å². The van der Waals surface area contributed by atoms with Crippen LogP contribution in [-0.2, 0) is 9.59 Å². The lowest BCUT2D eigenvalue weighted by molar-refractivity contribution is -0.142. The normalized spacial score (nSPS) is 22.6. The van der Waals surface area contributed by atoms with Crippen molar-refractivity contribution in [3.05, 3.63) is 65.2 Å². The van der Waals surface area contributed by atoms with Gasteiger partial charge in [-0.05, 0) is 44.2 Å². The lowest BCUT2D eigenvalue weighted by Crippen LogP contribution is -2.62. The molecule has 2 amide bonds. The van der Waals surface area contributed by atoms with E-state index in [9.17, 15) is 19.6 Å². The zero-order valence-corrected chi connectivity index (χ0v) is 16.7. The molecule has 1 N–H and O–H groups in total. The smallest absolute Gasteiger partial charge is 0.260 e. The fourth-order valence-corrected chi connectivity index (χ4v) is 4.02. The summed E-state index contributed by atoms with van der Waals surface area (Å²) in [6, 6.07) is 14.6. The Labute approximate surface area is 174 Å². The van der Waals surface area contributed by atoms with Crippen LogP contribution in [-0.4, -0.2) is 47.2 Å². The number of hydrogen-bond acceptors (Lipinski definition) is 6. The first-order valence-corrected chi connectivity index (χ1v) is 9.75. The third kappa shape index (κ3) is 3.25. The lowest BCUT2D eigenvalue weighted by Gasteiger charge is -2.42. The molecule has 0 aliphatic carbocycles. The van der Waals surface area contributed by atoms with E-state index in [1.807, 2.05) is 0 Å². The largest absolute Gasteiger partial charge is 0.480 e. The Bertz CT molecular complexity index is 1070. The summed E-state index contributed by atoms with van der Waals surface area (Å²) in [6.45, 7) is 3.90. The standard InChI is InChI=1S/C23H21N3O4/c1-23(2)20(27)18(16-12-14(13-24)8-9-17(16)30-23)19-22(29)26(11-10-25-19)21(28)15-6-4-3-5-7-15/h3-9,12,18-19,25H,10-11H2,1-2H3. The van der Waals surface area contributed by atoms with Crippen LogP contribution < -0.4 is 10.1 Å². The quantitative estimate of drug-likeness (QED) is 0.771. The van der Waals surface area contributed by atoms with Crippen LogP contribution in [0, 0.1) is 11.3 Å². The second kappa shape index (κ2) is 7.39. The number of carbonyl (C=O) groups is 3. The number of ketones is 1. The number of Topliss-reactive ketones (excluding diaryl/α,β-unsaturated/α-hetero) is 1. The minimum absolute atomic E-state index is 0.217. The maximum Gasteiger partial charge on any atom is 0.260 e. The number of benzene rings is 2. The van der Waals surface area contributed by atoms with Gasteiger partial charge in [0, 0.05) is 24.2 Å². The van der Waals surface area contributed by atoms with E-state index in [1.54, 1.807) is 62.4 Å². The summed E-state index contributed by atoms with van der Waals surface area (Å²) >= 11 is 0. The van der Waals surface area contributed by atoms with Crippen LogP contribution in [0.2, 0.25) is 0 Å². The van der Waals surface area contributed by atoms with Crippen LogP contribution >= 0.6 is 0 Å². The highest BCUT2D eigenvalue weighted by atomic mass is 16.5. The Morgan fingerprint density at radius 2 is 1.93 bits per heavy atom. The van der Waals surface area contributed by atoms with E-state index in [0.717, 1.165) is 0 Å². The number of nitrogens with zero attached hydrogens (tertiary/aromatic N) is 2. The molecule has 2 atom stereocenters. The SMILES string of the molecule is CC1(C)Oc2ccc(C#N)cc2C(C2NCCN(C(=O)c3ccccc3)C2=O)C1=O. The van der Waals surface area contributed by atoms with Gasteiger partial charge in [-0.25, -0.2) is 0 Å². The Kier molecular flexibility index (Phi) is 4.88. The Hall–Kier alpha value is -3.50. The fourth-order valence-electron chi connectivity index (χ4n) is 4.02. The molecule has 2 aliphatic heterocycles. The molecule has 30 heavy (non-hydrogen) atoms. The van der Waals surface area contributed by atoms with Gasteiger partial charge in [0.25, 0.3) is 5.91 Å². The van der Waals surface area contributed by atoms with Gasteiger partial charge >= 0.3 is 0 Å². The van der Waals surface area contributed by atoms with Gasteiger partial charge in [0.2, 0.25) is 5.91 Å². The molecule has 0 aromatic heterocycles. The lowest BCUT2D eigenvalue weighted by atomic mass is 9.77. The molecule has 4 rings (SSSR count). The Balaban J connectivity index is 1.73. The van der Waals surface area contributed by atoms with E-state index in [2.05, 4.69) is 11.4 Å². The van der Waals surface area contributed by atoms with Gasteiger partial charge in [0.1, 0.15) is 11.8 Å². The zero-order valence-electron chi connectivity index (χ0n) is 16.7. The summed E-state index contributed by atoms with van der Waals surface area (Å²) in [5.74, 6) is -1.53. The molecular formula is C23H21N3O4. The number of ether oxygens (including phenoxy) is 1. The van der Waals surface area contributed by atoms with E-state index < -0.39 is 29.4 Å². The molecule has 2 heterocycles. The van der Waals surface area contributed by atoms with E-state index in [-0.39, 0.29) is 12.3 Å². The summed E-state index contributed by atoms with van der Waals surface area (Å²) < 4.78 is 5.85. The van der Waals surface area contributed by atoms with Crippen molar-refractivity contribution in [1.82, 2.24) is 10.2 Å². The molecule has 0 bridgehead atoms. The molecule has 2 aromatic rings. The van der Waals surface area contributed by atoms with Crippen molar-refractivity contribution in [2.75, 3.05) is 13.1 Å². The van der Waals surface area contributed by atoms with Crippen molar-refractivity contribution < 1.29 is 19.1 Å². The van der Waals surface area contributed by atoms with Gasteiger partial charge in [-0.2, -0.15) is 5.26 Å². The highest BCUT2D eigenvalue weighted by Crippen LogP contribution is 2.41. The van der Waals surface area contributed by atoms with Crippen LogP contribution in [0.15, 0.2) is 48.5 Å². The molecule has 152 valence electrons. The first kappa shape index (κ1) is 19.8. The number of carbonyl (C=O) groups excluding carboxylic acids is 3. The molecule has 2 unspecified atom stereocenters. The van der Waals surface area contributed by atoms with E-state index in [4.69, 9.17) is 4.74 Å². The van der Waals surface area contributed by atoms with Crippen LogP contribution in [0.25, 0.3) is 0 Å². The van der Waals surface area contributed by atoms with E-state index in [0.29, 0.717) is 29.0 Å². The number of rotatable bonds is 2. The number of nitrogens with one attached hydrogen (secondary N) is 1. The molecule has 7 heteroatoms. The van der Waals surface area contributed by atoms with Crippen molar-refractivity contribution >= 4 is 17.6 Å². The van der Waals surface area contributed by atoms with Crippen molar-refractivity contribution in [2.24, 2.45) is 0 Å². The zero-order chi connectivity index (χ0) is 21.5. The average Bonchev–Trinajstić information content (AvgIpc) is 2.75. The molecule has 2 aromatic carbocycles. The second-order valence-corrected chi connectivity index (χ2v) is 7.91. The van der Waals surface area contributed by atoms with Gasteiger partial charge in [-0.1, -0.05) is 18.2 Å². The van der Waals surface area contributed by atoms with Gasteiger partial charge in [0.15, 0.2) is 11.4 Å². The number of hydrogen-bond donors (Lipinski definition) is 1. The van der Waals surface area contributed by atoms with Crippen LogP contribution in [0.1, 0.15) is 41.3 Å². The minimum atomic E-state index is -1.14. The number of amides is 2. The second-order valence-electron chi connectivity index (χ2n) is 7.91. The maximum absolute atomic E-state index is 13.3. The summed E-state index contributed by atoms with van der Waals surface area (Å²) in [4.78, 5) is 40.8. The molecule has 1 fully saturated rings. The van der Waals surface area contributed by atoms with Crippen molar-refractivity contribution in [1.29, 1.82) is 5.26 Å². The van der Waals surface area contributed by atoms with Crippen LogP contribution in [0.4, 0.5) is 0 Å². The summed E-state index contributed by atoms with van der Waals surface area (Å²) in [6.07, 6.45) is 0. The first-order valence-electron chi connectivity index (χ1n) is 9.75. The third-order valence-corrected chi connectivity index (χ3v) is 5.55. The van der Waals surface area contributed by atoms with Gasteiger partial charge in [-0.15, -0.1) is 0 Å². The number of fused-ring (bicyclic) bond motifs is 1. The average molecular weight is 403 g/mol. The molecule has 0 saturated carbocycles. The van der Waals surface area contributed by atoms with Gasteiger partial charge in [-0.3, -0.25) is 19.3 Å². The van der Waals surface area contributed by atoms with Crippen LogP contribution in [0.3, 0.4) is 0 Å². The summed E-state index contributed by atoms with van der Waals surface area (Å²) in [5, 5.41) is 12.4. The first-order chi connectivity index (χ1) is 14.3. The van der Waals surface area contributed by atoms with Gasteiger partial charge in [0.05, 0.1) is 17.6 Å². The van der Waals surface area contributed by atoms with Gasteiger partial charge < -0.3 is 10.1 Å². The third-order valence-electron chi connectivity index (χ3n) is 5.55. The summed E-state index contributed by atoms with van der Waals surface area (Å²) in [7, 11) is 0. The topological polar surface area (TPSA) is 99.5 Å². The number of nitriles is 1. The Morgan fingerprint density at radius 3 is 2.63 bits per heavy atom. The predicted molar refractivity (Wildman–Crippen MR) is 108 cm³/mol. The molecule has 7 nitrogen and oxygen atoms in total. The monoisotopic (exact) mass is 403 g/mol. The molecule has 1 saturated heterocycles.